The molecule has 0 spiro atoms. The second-order valence-corrected chi connectivity index (χ2v) is 10.2. The number of amides is 3. The Kier molecular flexibility index (Phi) is 6.83. The Hall–Kier alpha value is -2.70. The highest BCUT2D eigenvalue weighted by Crippen LogP contribution is 2.41. The molecule has 0 radical (unpaired) electrons. The molecular weight excluding hydrogens is 475 g/mol. The highest BCUT2D eigenvalue weighted by Gasteiger charge is 2.53. The third-order valence-electron chi connectivity index (χ3n) is 6.92. The summed E-state index contributed by atoms with van der Waals surface area (Å²) in [5.74, 6) is -2.61. The zero-order valence-electron chi connectivity index (χ0n) is 19.3. The van der Waals surface area contributed by atoms with Crippen molar-refractivity contribution in [2.24, 2.45) is 17.8 Å². The van der Waals surface area contributed by atoms with Gasteiger partial charge in [-0.25, -0.2) is 5.01 Å². The van der Waals surface area contributed by atoms with E-state index in [1.807, 2.05) is 19.9 Å². The first kappa shape index (κ1) is 24.4. The molecule has 6 nitrogen and oxygen atoms in total. The van der Waals surface area contributed by atoms with Gasteiger partial charge in [-0.3, -0.25) is 19.2 Å². The zero-order valence-corrected chi connectivity index (χ0v) is 20.8. The van der Waals surface area contributed by atoms with Gasteiger partial charge in [0.1, 0.15) is 6.54 Å². The van der Waals surface area contributed by atoms with Crippen molar-refractivity contribution in [3.63, 3.8) is 0 Å². The topological polar surface area (TPSA) is 74.8 Å². The van der Waals surface area contributed by atoms with E-state index < -0.39 is 36.1 Å². The molecule has 2 aromatic carbocycles. The summed E-state index contributed by atoms with van der Waals surface area (Å²) in [6.45, 7) is 5.41. The number of carbonyl (C=O) groups excluding carboxylic acids is 4. The molecule has 2 fully saturated rings. The molecule has 0 aromatic heterocycles. The molecule has 34 heavy (non-hydrogen) atoms. The van der Waals surface area contributed by atoms with E-state index in [1.165, 1.54) is 18.2 Å². The van der Waals surface area contributed by atoms with Crippen LogP contribution in [-0.4, -0.2) is 40.1 Å². The maximum Gasteiger partial charge on any atom is 0.274 e. The van der Waals surface area contributed by atoms with Crippen LogP contribution in [0.2, 0.25) is 10.0 Å². The van der Waals surface area contributed by atoms with Gasteiger partial charge in [0, 0.05) is 10.6 Å². The highest BCUT2D eigenvalue weighted by atomic mass is 35.5. The third kappa shape index (κ3) is 4.49. The second kappa shape index (κ2) is 9.51. The summed E-state index contributed by atoms with van der Waals surface area (Å²) >= 11 is 12.3. The van der Waals surface area contributed by atoms with Crippen LogP contribution in [0.15, 0.2) is 36.4 Å². The van der Waals surface area contributed by atoms with E-state index in [2.05, 4.69) is 6.92 Å². The number of hydrazine groups is 1. The Labute approximate surface area is 208 Å². The highest BCUT2D eigenvalue weighted by molar-refractivity contribution is 6.36. The van der Waals surface area contributed by atoms with Crippen molar-refractivity contribution in [3.05, 3.63) is 68.7 Å². The Balaban J connectivity index is 1.72. The van der Waals surface area contributed by atoms with Crippen LogP contribution in [0.25, 0.3) is 0 Å². The number of rotatable bonds is 5. The Morgan fingerprint density at radius 1 is 0.971 bits per heavy atom. The number of halogens is 2. The van der Waals surface area contributed by atoms with Crippen molar-refractivity contribution < 1.29 is 19.2 Å². The van der Waals surface area contributed by atoms with Crippen LogP contribution in [-0.2, 0) is 9.59 Å². The number of hydrogen-bond acceptors (Lipinski definition) is 4. The van der Waals surface area contributed by atoms with E-state index in [0.717, 1.165) is 27.6 Å². The number of aryl methyl sites for hydroxylation is 2. The average molecular weight is 501 g/mol. The molecule has 178 valence electrons. The normalized spacial score (nSPS) is 22.0. The molecule has 1 saturated carbocycles. The van der Waals surface area contributed by atoms with Gasteiger partial charge >= 0.3 is 0 Å². The molecule has 1 aliphatic heterocycles. The molecule has 8 heteroatoms. The van der Waals surface area contributed by atoms with E-state index in [0.29, 0.717) is 29.3 Å². The fraction of sp³-hybridized carbons (Fsp3) is 0.385. The van der Waals surface area contributed by atoms with Crippen molar-refractivity contribution >= 4 is 46.7 Å². The molecular formula is C26H26Cl2N2O4. The van der Waals surface area contributed by atoms with Gasteiger partial charge in [0.05, 0.1) is 22.4 Å². The number of nitrogens with zero attached hydrogens (tertiary/aromatic N) is 2. The smallest absolute Gasteiger partial charge is 0.274 e. The third-order valence-corrected chi connectivity index (χ3v) is 7.47. The summed E-state index contributed by atoms with van der Waals surface area (Å²) < 4.78 is 0. The lowest BCUT2D eigenvalue weighted by Crippen LogP contribution is -2.52. The van der Waals surface area contributed by atoms with E-state index in [-0.39, 0.29) is 16.4 Å². The van der Waals surface area contributed by atoms with Crippen LogP contribution in [0, 0.1) is 31.6 Å². The van der Waals surface area contributed by atoms with Gasteiger partial charge in [-0.05, 0) is 74.4 Å². The summed E-state index contributed by atoms with van der Waals surface area (Å²) in [5.41, 5.74) is 2.41. The van der Waals surface area contributed by atoms with E-state index >= 15 is 0 Å². The summed E-state index contributed by atoms with van der Waals surface area (Å²) in [4.78, 5) is 53.6. The maximum absolute atomic E-state index is 13.6. The minimum absolute atomic E-state index is 0.0581. The first-order chi connectivity index (χ1) is 16.1. The van der Waals surface area contributed by atoms with Crippen molar-refractivity contribution in [1.29, 1.82) is 0 Å². The fourth-order valence-electron chi connectivity index (χ4n) is 4.79. The van der Waals surface area contributed by atoms with Crippen LogP contribution >= 0.6 is 23.2 Å². The molecule has 3 atom stereocenters. The number of Topliss-reactive ketones (excluding diaryl/α,β-unsaturated/α-hetero) is 1. The second-order valence-electron chi connectivity index (χ2n) is 9.33. The lowest BCUT2D eigenvalue weighted by molar-refractivity contribution is -0.154. The first-order valence-corrected chi connectivity index (χ1v) is 12.1. The number of imide groups is 1. The predicted octanol–water partition coefficient (Wildman–Crippen LogP) is 5.27. The van der Waals surface area contributed by atoms with Gasteiger partial charge in [0.15, 0.2) is 5.78 Å². The summed E-state index contributed by atoms with van der Waals surface area (Å²) in [7, 11) is 0. The molecule has 2 aliphatic rings. The predicted molar refractivity (Wildman–Crippen MR) is 130 cm³/mol. The lowest BCUT2D eigenvalue weighted by atomic mass is 9.76. The minimum Gasteiger partial charge on any atom is -0.292 e. The lowest BCUT2D eigenvalue weighted by Gasteiger charge is -2.30. The number of hydrogen-bond donors (Lipinski definition) is 0. The van der Waals surface area contributed by atoms with Crippen molar-refractivity contribution in [2.45, 2.75) is 40.0 Å². The van der Waals surface area contributed by atoms with Crippen molar-refractivity contribution in [1.82, 2.24) is 10.0 Å². The van der Waals surface area contributed by atoms with Crippen molar-refractivity contribution in [3.8, 4) is 0 Å². The monoisotopic (exact) mass is 500 g/mol. The zero-order chi connectivity index (χ0) is 24.7. The van der Waals surface area contributed by atoms with Gasteiger partial charge in [-0.2, -0.15) is 5.01 Å². The van der Waals surface area contributed by atoms with Gasteiger partial charge in [0.2, 0.25) is 0 Å². The van der Waals surface area contributed by atoms with Gasteiger partial charge in [-0.1, -0.05) is 42.3 Å². The van der Waals surface area contributed by atoms with Crippen LogP contribution in [0.1, 0.15) is 58.0 Å². The molecule has 1 aliphatic carbocycles. The van der Waals surface area contributed by atoms with E-state index in [1.54, 1.807) is 12.1 Å². The largest absolute Gasteiger partial charge is 0.292 e. The van der Waals surface area contributed by atoms with Gasteiger partial charge in [-0.15, -0.1) is 0 Å². The number of fused-ring (bicyclic) bond motifs is 1. The number of ketones is 1. The molecule has 1 saturated heterocycles. The standard InChI is InChI=1S/C26H26Cl2N2O4/c1-14-4-8-19-21(10-14)26(34)30(25(19)33)29(24(32)20-9-7-18(27)12-22(20)28)13-23(31)17-6-5-15(2)16(3)11-17/h5-7,9,11-12,14,19,21H,4,8,10,13H2,1-3H3/t14-,19+,21-/m0/s1. The van der Waals surface area contributed by atoms with Crippen LogP contribution in [0.4, 0.5) is 0 Å². The van der Waals surface area contributed by atoms with Crippen LogP contribution in [0.3, 0.4) is 0 Å². The fourth-order valence-corrected chi connectivity index (χ4v) is 5.28. The molecule has 3 amide bonds. The Morgan fingerprint density at radius 2 is 1.68 bits per heavy atom. The van der Waals surface area contributed by atoms with Gasteiger partial charge < -0.3 is 0 Å². The van der Waals surface area contributed by atoms with E-state index in [4.69, 9.17) is 23.2 Å². The summed E-state index contributed by atoms with van der Waals surface area (Å²) in [6, 6.07) is 9.59. The Bertz CT molecular complexity index is 1200. The number of benzene rings is 2. The van der Waals surface area contributed by atoms with Crippen LogP contribution < -0.4 is 0 Å². The Morgan fingerprint density at radius 3 is 2.35 bits per heavy atom. The minimum atomic E-state index is -0.702. The molecule has 0 N–H and O–H groups in total. The quantitative estimate of drug-likeness (QED) is 0.413. The van der Waals surface area contributed by atoms with Gasteiger partial charge in [0.25, 0.3) is 17.7 Å². The molecule has 1 heterocycles. The SMILES string of the molecule is Cc1ccc(C(=O)CN(C(=O)c2ccc(Cl)cc2Cl)N2C(=O)[C@H]3C[C@@H](C)CC[C@H]3C2=O)cc1C. The van der Waals surface area contributed by atoms with E-state index in [9.17, 15) is 19.2 Å². The number of carbonyl (C=O) groups is 4. The molecule has 0 bridgehead atoms. The summed E-state index contributed by atoms with van der Waals surface area (Å²) in [5, 5.41) is 2.26. The first-order valence-electron chi connectivity index (χ1n) is 11.3. The van der Waals surface area contributed by atoms with Crippen LogP contribution in [0.5, 0.6) is 0 Å². The molecule has 0 unspecified atom stereocenters. The molecule has 4 rings (SSSR count). The molecule has 2 aromatic rings. The maximum atomic E-state index is 13.6. The van der Waals surface area contributed by atoms with Crippen molar-refractivity contribution in [2.75, 3.05) is 6.54 Å². The summed E-state index contributed by atoms with van der Waals surface area (Å²) in [6.07, 6.45) is 2.01. The average Bonchev–Trinajstić information content (AvgIpc) is 3.02.